The largest absolute Gasteiger partial charge is 0.256 e. The second kappa shape index (κ2) is 13.7. The molecule has 0 saturated heterocycles. The SMILES string of the molecule is c1ccc(-c2nc(-c3ccccc3)nc(-c3ccc(-c4cccc5cccc(-c6cc(-c7ccccn7)cc(-c7ccccn7)c6)c45)cc3)n2)cc1. The van der Waals surface area contributed by atoms with Gasteiger partial charge in [0.1, 0.15) is 0 Å². The molecule has 0 radical (unpaired) electrons. The van der Waals surface area contributed by atoms with Gasteiger partial charge in [0.25, 0.3) is 0 Å². The number of rotatable bonds is 7. The normalized spacial score (nSPS) is 11.1. The number of hydrogen-bond acceptors (Lipinski definition) is 5. The minimum absolute atomic E-state index is 0.631. The van der Waals surface area contributed by atoms with Gasteiger partial charge in [-0.2, -0.15) is 0 Å². The van der Waals surface area contributed by atoms with E-state index in [0.717, 1.165) is 61.5 Å². The van der Waals surface area contributed by atoms with Crippen LogP contribution in [0.1, 0.15) is 0 Å². The zero-order valence-corrected chi connectivity index (χ0v) is 28.1. The predicted molar refractivity (Wildman–Crippen MR) is 211 cm³/mol. The minimum atomic E-state index is 0.631. The third kappa shape index (κ3) is 6.12. The van der Waals surface area contributed by atoms with E-state index < -0.39 is 0 Å². The number of benzene rings is 6. The molecule has 9 aromatic rings. The van der Waals surface area contributed by atoms with Crippen molar-refractivity contribution in [2.24, 2.45) is 0 Å². The topological polar surface area (TPSA) is 64.5 Å². The lowest BCUT2D eigenvalue weighted by Crippen LogP contribution is -2.00. The molecule has 0 bridgehead atoms. The van der Waals surface area contributed by atoms with Crippen molar-refractivity contribution in [1.82, 2.24) is 24.9 Å². The first-order valence-corrected chi connectivity index (χ1v) is 17.2. The highest BCUT2D eigenvalue weighted by atomic mass is 15.0. The first-order chi connectivity index (χ1) is 25.8. The lowest BCUT2D eigenvalue weighted by atomic mass is 9.89. The second-order valence-corrected chi connectivity index (χ2v) is 12.6. The van der Waals surface area contributed by atoms with Gasteiger partial charge in [-0.05, 0) is 75.5 Å². The highest BCUT2D eigenvalue weighted by molar-refractivity contribution is 6.07. The van der Waals surface area contributed by atoms with Gasteiger partial charge in [0.15, 0.2) is 17.5 Å². The van der Waals surface area contributed by atoms with Crippen molar-refractivity contribution in [3.05, 3.63) is 188 Å². The Balaban J connectivity index is 1.16. The molecule has 244 valence electrons. The Morgan fingerprint density at radius 1 is 0.288 bits per heavy atom. The third-order valence-electron chi connectivity index (χ3n) is 9.22. The molecule has 6 aromatic carbocycles. The monoisotopic (exact) mass is 665 g/mol. The summed E-state index contributed by atoms with van der Waals surface area (Å²) in [7, 11) is 0. The van der Waals surface area contributed by atoms with E-state index in [1.54, 1.807) is 0 Å². The van der Waals surface area contributed by atoms with Gasteiger partial charge < -0.3 is 0 Å². The van der Waals surface area contributed by atoms with Crippen molar-refractivity contribution in [3.8, 4) is 78.9 Å². The number of aromatic nitrogens is 5. The van der Waals surface area contributed by atoms with Crippen LogP contribution in [0.3, 0.4) is 0 Å². The zero-order chi connectivity index (χ0) is 34.7. The Morgan fingerprint density at radius 2 is 0.712 bits per heavy atom. The molecule has 5 heteroatoms. The van der Waals surface area contributed by atoms with Crippen molar-refractivity contribution >= 4 is 10.8 Å². The van der Waals surface area contributed by atoms with Crippen molar-refractivity contribution in [2.45, 2.75) is 0 Å². The number of pyridine rings is 2. The molecular formula is C47H31N5. The molecule has 0 atom stereocenters. The molecular weight excluding hydrogens is 635 g/mol. The predicted octanol–water partition coefficient (Wildman–Crippen LogP) is 11.5. The number of hydrogen-bond donors (Lipinski definition) is 0. The van der Waals surface area contributed by atoms with Crippen LogP contribution < -0.4 is 0 Å². The second-order valence-electron chi connectivity index (χ2n) is 12.6. The van der Waals surface area contributed by atoms with E-state index in [0.29, 0.717) is 17.5 Å². The van der Waals surface area contributed by atoms with Gasteiger partial charge in [0, 0.05) is 40.2 Å². The molecule has 0 spiro atoms. The Kier molecular flexibility index (Phi) is 8.12. The van der Waals surface area contributed by atoms with Crippen LogP contribution in [0.25, 0.3) is 89.7 Å². The maximum absolute atomic E-state index is 4.94. The van der Waals surface area contributed by atoms with Gasteiger partial charge in [0.05, 0.1) is 11.4 Å². The summed E-state index contributed by atoms with van der Waals surface area (Å²) in [5, 5.41) is 2.35. The summed E-state index contributed by atoms with van der Waals surface area (Å²) in [5.74, 6) is 1.92. The third-order valence-corrected chi connectivity index (χ3v) is 9.22. The Bertz CT molecular complexity index is 2520. The standard InChI is InChI=1S/C47H31N5/c1-3-13-34(14-4-1)45-50-46(35-15-5-2-6-16-35)52-47(51-45)36-25-23-32(24-26-36)40-19-11-17-33-18-12-20-41(44(33)40)37-29-38(42-21-7-9-27-48-42)31-39(30-37)43-22-8-10-28-49-43/h1-31H. The fourth-order valence-electron chi connectivity index (χ4n) is 6.70. The molecule has 0 aliphatic rings. The highest BCUT2D eigenvalue weighted by Gasteiger charge is 2.16. The quantitative estimate of drug-likeness (QED) is 0.169. The summed E-state index contributed by atoms with van der Waals surface area (Å²) in [6.45, 7) is 0. The molecule has 5 nitrogen and oxygen atoms in total. The molecule has 0 fully saturated rings. The van der Waals surface area contributed by atoms with Crippen molar-refractivity contribution < 1.29 is 0 Å². The fourth-order valence-corrected chi connectivity index (χ4v) is 6.70. The van der Waals surface area contributed by atoms with Crippen molar-refractivity contribution in [1.29, 1.82) is 0 Å². The molecule has 52 heavy (non-hydrogen) atoms. The summed E-state index contributed by atoms with van der Waals surface area (Å²) in [6.07, 6.45) is 3.67. The van der Waals surface area contributed by atoms with Gasteiger partial charge in [-0.25, -0.2) is 15.0 Å². The lowest BCUT2D eigenvalue weighted by Gasteiger charge is -2.15. The van der Waals surface area contributed by atoms with E-state index in [2.05, 4.69) is 101 Å². The Labute approximate surface area is 302 Å². The summed E-state index contributed by atoms with van der Waals surface area (Å²) < 4.78 is 0. The summed E-state index contributed by atoms with van der Waals surface area (Å²) in [6, 6.07) is 60.4. The van der Waals surface area contributed by atoms with Crippen LogP contribution in [0.15, 0.2) is 188 Å². The number of nitrogens with zero attached hydrogens (tertiary/aromatic N) is 5. The van der Waals surface area contributed by atoms with Gasteiger partial charge in [-0.15, -0.1) is 0 Å². The van der Waals surface area contributed by atoms with Gasteiger partial charge in [-0.3, -0.25) is 9.97 Å². The number of fused-ring (bicyclic) bond motifs is 1. The highest BCUT2D eigenvalue weighted by Crippen LogP contribution is 2.40. The molecule has 0 N–H and O–H groups in total. The van der Waals surface area contributed by atoms with Crippen LogP contribution in [-0.4, -0.2) is 24.9 Å². The van der Waals surface area contributed by atoms with E-state index in [1.807, 2.05) is 97.3 Å². The molecule has 0 saturated carbocycles. The summed E-state index contributed by atoms with van der Waals surface area (Å²) in [4.78, 5) is 24.1. The molecule has 9 rings (SSSR count). The van der Waals surface area contributed by atoms with E-state index in [-0.39, 0.29) is 0 Å². The van der Waals surface area contributed by atoms with Crippen LogP contribution in [0.4, 0.5) is 0 Å². The van der Waals surface area contributed by atoms with E-state index in [1.165, 1.54) is 10.8 Å². The van der Waals surface area contributed by atoms with Crippen LogP contribution in [-0.2, 0) is 0 Å². The van der Waals surface area contributed by atoms with Crippen LogP contribution in [0.2, 0.25) is 0 Å². The van der Waals surface area contributed by atoms with Crippen LogP contribution >= 0.6 is 0 Å². The molecule has 3 heterocycles. The van der Waals surface area contributed by atoms with Gasteiger partial charge >= 0.3 is 0 Å². The molecule has 0 amide bonds. The first-order valence-electron chi connectivity index (χ1n) is 17.2. The summed E-state index contributed by atoms with van der Waals surface area (Å²) >= 11 is 0. The molecule has 3 aromatic heterocycles. The van der Waals surface area contributed by atoms with Gasteiger partial charge in [0.2, 0.25) is 0 Å². The average molecular weight is 666 g/mol. The maximum atomic E-state index is 4.94. The van der Waals surface area contributed by atoms with Crippen LogP contribution in [0, 0.1) is 0 Å². The van der Waals surface area contributed by atoms with E-state index >= 15 is 0 Å². The van der Waals surface area contributed by atoms with E-state index in [9.17, 15) is 0 Å². The molecule has 0 aliphatic heterocycles. The van der Waals surface area contributed by atoms with E-state index in [4.69, 9.17) is 15.0 Å². The average Bonchev–Trinajstić information content (AvgIpc) is 3.24. The van der Waals surface area contributed by atoms with Crippen molar-refractivity contribution in [3.63, 3.8) is 0 Å². The smallest absolute Gasteiger partial charge is 0.164 e. The Hall–Kier alpha value is -7.11. The summed E-state index contributed by atoms with van der Waals surface area (Å²) in [5.41, 5.74) is 11.2. The minimum Gasteiger partial charge on any atom is -0.256 e. The molecule has 0 unspecified atom stereocenters. The first kappa shape index (κ1) is 30.9. The Morgan fingerprint density at radius 3 is 1.19 bits per heavy atom. The maximum Gasteiger partial charge on any atom is 0.164 e. The van der Waals surface area contributed by atoms with Crippen molar-refractivity contribution in [2.75, 3.05) is 0 Å². The van der Waals surface area contributed by atoms with Crippen LogP contribution in [0.5, 0.6) is 0 Å². The fraction of sp³-hybridized carbons (Fsp3) is 0. The lowest BCUT2D eigenvalue weighted by molar-refractivity contribution is 1.07. The molecule has 0 aliphatic carbocycles. The zero-order valence-electron chi connectivity index (χ0n) is 28.1. The van der Waals surface area contributed by atoms with Gasteiger partial charge in [-0.1, -0.05) is 133 Å².